The van der Waals surface area contributed by atoms with Gasteiger partial charge in [-0.3, -0.25) is 4.90 Å². The van der Waals surface area contributed by atoms with Crippen molar-refractivity contribution in [3.63, 3.8) is 0 Å². The number of aryl methyl sites for hydroxylation is 1. The molecule has 26 heavy (non-hydrogen) atoms. The number of hydrogen-bond donors (Lipinski definition) is 1. The van der Waals surface area contributed by atoms with Crippen molar-refractivity contribution in [1.82, 2.24) is 4.90 Å². The first-order valence-corrected chi connectivity index (χ1v) is 9.62. The normalized spacial score (nSPS) is 28.5. The summed E-state index contributed by atoms with van der Waals surface area (Å²) in [6.45, 7) is 3.00. The van der Waals surface area contributed by atoms with Gasteiger partial charge in [-0.15, -0.1) is 0 Å². The zero-order valence-electron chi connectivity index (χ0n) is 15.4. The molecule has 0 saturated carbocycles. The van der Waals surface area contributed by atoms with Gasteiger partial charge < -0.3 is 5.11 Å². The molecule has 2 aliphatic heterocycles. The quantitative estimate of drug-likeness (QED) is 0.903. The van der Waals surface area contributed by atoms with E-state index < -0.39 is 5.60 Å². The molecule has 2 fully saturated rings. The molecular formula is C23H26N2O. The van der Waals surface area contributed by atoms with Crippen molar-refractivity contribution in [2.45, 2.75) is 63.3 Å². The Balaban J connectivity index is 1.62. The van der Waals surface area contributed by atoms with Gasteiger partial charge in [0.1, 0.15) is 0 Å². The fraction of sp³-hybridized carbons (Fsp3) is 0.435. The van der Waals surface area contributed by atoms with E-state index in [1.165, 1.54) is 12.0 Å². The van der Waals surface area contributed by atoms with Crippen molar-refractivity contribution in [3.05, 3.63) is 70.8 Å². The number of benzene rings is 2. The largest absolute Gasteiger partial charge is 0.385 e. The highest BCUT2D eigenvalue weighted by molar-refractivity contribution is 5.41. The molecule has 2 unspecified atom stereocenters. The van der Waals surface area contributed by atoms with E-state index in [4.69, 9.17) is 0 Å². The first-order valence-electron chi connectivity index (χ1n) is 9.62. The van der Waals surface area contributed by atoms with Gasteiger partial charge in [0.15, 0.2) is 0 Å². The Labute approximate surface area is 155 Å². The number of nitriles is 1. The minimum atomic E-state index is -0.820. The second-order valence-electron chi connectivity index (χ2n) is 7.98. The van der Waals surface area contributed by atoms with E-state index in [1.807, 2.05) is 25.1 Å². The highest BCUT2D eigenvalue weighted by atomic mass is 16.3. The summed E-state index contributed by atoms with van der Waals surface area (Å²) in [7, 11) is 0. The molecule has 2 aliphatic rings. The number of aliphatic hydroxyl groups is 1. The Morgan fingerprint density at radius 2 is 1.81 bits per heavy atom. The van der Waals surface area contributed by atoms with Gasteiger partial charge in [0.2, 0.25) is 0 Å². The lowest BCUT2D eigenvalue weighted by atomic mass is 9.71. The number of fused-ring (bicyclic) bond motifs is 2. The molecule has 4 rings (SSSR count). The summed E-state index contributed by atoms with van der Waals surface area (Å²) in [6.07, 6.45) is 5.04. The monoisotopic (exact) mass is 346 g/mol. The summed E-state index contributed by atoms with van der Waals surface area (Å²) in [6, 6.07) is 19.4. The maximum atomic E-state index is 11.6. The van der Waals surface area contributed by atoms with Crippen LogP contribution in [0.1, 0.15) is 54.4 Å². The number of hydrogen-bond acceptors (Lipinski definition) is 3. The van der Waals surface area contributed by atoms with Crippen molar-refractivity contribution in [2.75, 3.05) is 0 Å². The predicted molar refractivity (Wildman–Crippen MR) is 102 cm³/mol. The van der Waals surface area contributed by atoms with Gasteiger partial charge in [-0.1, -0.05) is 42.8 Å². The van der Waals surface area contributed by atoms with Crippen LogP contribution < -0.4 is 0 Å². The molecule has 0 aliphatic carbocycles. The number of piperidine rings is 2. The summed E-state index contributed by atoms with van der Waals surface area (Å²) >= 11 is 0. The zero-order chi connectivity index (χ0) is 18.1. The Morgan fingerprint density at radius 1 is 1.12 bits per heavy atom. The van der Waals surface area contributed by atoms with Crippen LogP contribution in [0.3, 0.4) is 0 Å². The summed E-state index contributed by atoms with van der Waals surface area (Å²) in [4.78, 5) is 2.61. The molecular weight excluding hydrogens is 320 g/mol. The Morgan fingerprint density at radius 3 is 2.46 bits per heavy atom. The van der Waals surface area contributed by atoms with Crippen LogP contribution in [0.15, 0.2) is 48.5 Å². The lowest BCUT2D eigenvalue weighted by molar-refractivity contribution is -0.100. The Hall–Kier alpha value is -2.15. The average Bonchev–Trinajstić information content (AvgIpc) is 2.64. The van der Waals surface area contributed by atoms with Crippen LogP contribution >= 0.6 is 0 Å². The molecule has 2 heterocycles. The minimum absolute atomic E-state index is 0.401. The van der Waals surface area contributed by atoms with E-state index in [1.54, 1.807) is 0 Å². The van der Waals surface area contributed by atoms with E-state index >= 15 is 0 Å². The molecule has 1 N–H and O–H groups in total. The average molecular weight is 346 g/mol. The van der Waals surface area contributed by atoms with Crippen LogP contribution in [-0.2, 0) is 12.1 Å². The molecule has 0 aromatic heterocycles. The van der Waals surface area contributed by atoms with Crippen LogP contribution in [0.25, 0.3) is 0 Å². The molecule has 2 atom stereocenters. The van der Waals surface area contributed by atoms with E-state index in [9.17, 15) is 10.4 Å². The molecule has 0 amide bonds. The minimum Gasteiger partial charge on any atom is -0.385 e. The summed E-state index contributed by atoms with van der Waals surface area (Å²) in [5.74, 6) is 0. The smallest absolute Gasteiger partial charge is 0.0991 e. The predicted octanol–water partition coefficient (Wildman–Crippen LogP) is 4.27. The molecule has 2 aromatic carbocycles. The number of rotatable bonds is 3. The fourth-order valence-electron chi connectivity index (χ4n) is 4.99. The second kappa shape index (κ2) is 6.87. The van der Waals surface area contributed by atoms with E-state index in [-0.39, 0.29) is 0 Å². The summed E-state index contributed by atoms with van der Waals surface area (Å²) < 4.78 is 0. The second-order valence-corrected chi connectivity index (χ2v) is 7.98. The first kappa shape index (κ1) is 17.3. The zero-order valence-corrected chi connectivity index (χ0v) is 15.4. The van der Waals surface area contributed by atoms with E-state index in [0.717, 1.165) is 43.4 Å². The van der Waals surface area contributed by atoms with Gasteiger partial charge >= 0.3 is 0 Å². The molecule has 3 nitrogen and oxygen atoms in total. The maximum Gasteiger partial charge on any atom is 0.0991 e. The first-order chi connectivity index (χ1) is 12.6. The highest BCUT2D eigenvalue weighted by Gasteiger charge is 2.46. The van der Waals surface area contributed by atoms with Crippen LogP contribution in [0.5, 0.6) is 0 Å². The lowest BCUT2D eigenvalue weighted by Crippen LogP contribution is -2.56. The molecule has 2 aromatic rings. The van der Waals surface area contributed by atoms with Gasteiger partial charge in [0.25, 0.3) is 0 Å². The molecule has 134 valence electrons. The van der Waals surface area contributed by atoms with Crippen LogP contribution in [0.2, 0.25) is 0 Å². The van der Waals surface area contributed by atoms with Gasteiger partial charge in [0, 0.05) is 18.6 Å². The van der Waals surface area contributed by atoms with Gasteiger partial charge in [-0.25, -0.2) is 0 Å². The molecule has 2 bridgehead atoms. The van der Waals surface area contributed by atoms with Crippen LogP contribution in [-0.4, -0.2) is 22.1 Å². The van der Waals surface area contributed by atoms with Crippen LogP contribution in [0.4, 0.5) is 0 Å². The van der Waals surface area contributed by atoms with Gasteiger partial charge in [-0.2, -0.15) is 5.26 Å². The van der Waals surface area contributed by atoms with Crippen LogP contribution in [0, 0.1) is 18.3 Å². The Kier molecular flexibility index (Phi) is 4.56. The van der Waals surface area contributed by atoms with Gasteiger partial charge in [-0.05, 0) is 61.4 Å². The van der Waals surface area contributed by atoms with Crippen molar-refractivity contribution in [2.24, 2.45) is 0 Å². The third-order valence-electron chi connectivity index (χ3n) is 6.24. The molecule has 0 spiro atoms. The summed E-state index contributed by atoms with van der Waals surface area (Å²) in [5.41, 5.74) is 3.20. The topological polar surface area (TPSA) is 47.3 Å². The van der Waals surface area contributed by atoms with E-state index in [0.29, 0.717) is 17.6 Å². The van der Waals surface area contributed by atoms with Crippen molar-refractivity contribution < 1.29 is 5.11 Å². The standard InChI is InChI=1S/C23H26N2O/c1-17-10-11-19(15-24)12-22(17)23(26)13-20-8-5-9-21(14-23)25(20)16-18-6-3-2-4-7-18/h2-4,6-7,10-12,20-21,26H,5,8-9,13-14,16H2,1H3. The Bertz CT molecular complexity index is 810. The molecule has 2 saturated heterocycles. The summed E-state index contributed by atoms with van der Waals surface area (Å²) in [5, 5.41) is 20.9. The van der Waals surface area contributed by atoms with Gasteiger partial charge in [0.05, 0.1) is 17.2 Å². The highest BCUT2D eigenvalue weighted by Crippen LogP contribution is 2.45. The molecule has 0 radical (unpaired) electrons. The van der Waals surface area contributed by atoms with Crippen molar-refractivity contribution in [1.29, 1.82) is 5.26 Å². The SMILES string of the molecule is Cc1ccc(C#N)cc1C1(O)CC2CCCC(C1)N2Cc1ccccc1. The third kappa shape index (κ3) is 3.16. The maximum absolute atomic E-state index is 11.6. The van der Waals surface area contributed by atoms with Crippen molar-refractivity contribution in [3.8, 4) is 6.07 Å². The molecule has 3 heteroatoms. The fourth-order valence-corrected chi connectivity index (χ4v) is 4.99. The number of nitrogens with zero attached hydrogens (tertiary/aromatic N) is 2. The third-order valence-corrected chi connectivity index (χ3v) is 6.24. The van der Waals surface area contributed by atoms with Crippen molar-refractivity contribution >= 4 is 0 Å². The lowest BCUT2D eigenvalue weighted by Gasteiger charge is -2.52. The van der Waals surface area contributed by atoms with E-state index in [2.05, 4.69) is 41.3 Å².